The zero-order valence-corrected chi connectivity index (χ0v) is 6.62. The third-order valence-corrected chi connectivity index (χ3v) is 1.29. The fourth-order valence-electron chi connectivity index (χ4n) is 0.664. The lowest BCUT2D eigenvalue weighted by Crippen LogP contribution is -2.21. The molecule has 0 fully saturated rings. The molecular weight excluding hydrogens is 117 g/mol. The second-order valence-corrected chi connectivity index (χ2v) is 2.47. The van der Waals surface area contributed by atoms with Gasteiger partial charge in [0.25, 0.3) is 0 Å². The molecule has 0 amide bonds. The van der Waals surface area contributed by atoms with Gasteiger partial charge in [0.1, 0.15) is 7.85 Å². The molecule has 8 heavy (non-hydrogen) atoms. The number of thiol groups is 1. The molecule has 0 aromatic carbocycles. The second kappa shape index (κ2) is 5.51. The lowest BCUT2D eigenvalue weighted by Gasteiger charge is -2.12. The number of hydrogen-bond donors (Lipinski definition) is 1. The van der Waals surface area contributed by atoms with E-state index >= 15 is 0 Å². The lowest BCUT2D eigenvalue weighted by molar-refractivity contribution is 0.377. The summed E-state index contributed by atoms with van der Waals surface area (Å²) in [5.41, 5.74) is 0. The molecule has 0 rings (SSSR count). The molecule has 0 saturated carbocycles. The van der Waals surface area contributed by atoms with E-state index in [2.05, 4.69) is 32.4 Å². The fraction of sp³-hybridized carbons (Fsp3) is 1.00. The highest BCUT2D eigenvalue weighted by molar-refractivity contribution is 7.80. The van der Waals surface area contributed by atoms with E-state index < -0.39 is 0 Å². The Labute approximate surface area is 58.3 Å². The Bertz CT molecular complexity index is 45.7. The van der Waals surface area contributed by atoms with E-state index in [1.54, 1.807) is 0 Å². The Morgan fingerprint density at radius 3 is 2.50 bits per heavy atom. The van der Waals surface area contributed by atoms with Crippen LogP contribution in [-0.4, -0.2) is 38.6 Å². The molecule has 0 bridgehead atoms. The van der Waals surface area contributed by atoms with Crippen molar-refractivity contribution >= 4 is 20.5 Å². The first kappa shape index (κ1) is 8.37. The normalized spacial score (nSPS) is 10.4. The number of rotatable bonds is 4. The van der Waals surface area contributed by atoms with Gasteiger partial charge in [-0.3, -0.25) is 0 Å². The van der Waals surface area contributed by atoms with Gasteiger partial charge in [0, 0.05) is 12.3 Å². The van der Waals surface area contributed by atoms with Gasteiger partial charge in [0.05, 0.1) is 0 Å². The summed E-state index contributed by atoms with van der Waals surface area (Å²) in [6, 6.07) is 0. The Morgan fingerprint density at radius 1 is 1.50 bits per heavy atom. The summed E-state index contributed by atoms with van der Waals surface area (Å²) < 4.78 is 0. The molecule has 0 aliphatic carbocycles. The van der Waals surface area contributed by atoms with E-state index in [-0.39, 0.29) is 0 Å². The smallest absolute Gasteiger partial charge is 0.103 e. The van der Waals surface area contributed by atoms with Gasteiger partial charge in [-0.2, -0.15) is 12.6 Å². The van der Waals surface area contributed by atoms with Crippen LogP contribution in [0.5, 0.6) is 0 Å². The molecule has 0 atom stereocenters. The fourth-order valence-corrected chi connectivity index (χ4v) is 1.01. The van der Waals surface area contributed by atoms with E-state index in [0.717, 1.165) is 12.3 Å². The molecule has 0 aromatic rings. The Balaban J connectivity index is 2.92. The van der Waals surface area contributed by atoms with E-state index in [1.165, 1.54) is 12.9 Å². The Morgan fingerprint density at radius 2 is 2.12 bits per heavy atom. The van der Waals surface area contributed by atoms with Crippen LogP contribution in [0.2, 0.25) is 6.32 Å². The molecule has 0 aliphatic rings. The first-order chi connectivity index (χ1) is 3.81. The maximum atomic E-state index is 4.11. The summed E-state index contributed by atoms with van der Waals surface area (Å²) in [4.78, 5) is 2.28. The zero-order chi connectivity index (χ0) is 6.41. The Hall–Kier alpha value is 0.375. The summed E-state index contributed by atoms with van der Waals surface area (Å²) in [5, 5.41) is 0. The largest absolute Gasteiger partial charge is 0.306 e. The zero-order valence-electron chi connectivity index (χ0n) is 5.72. The predicted molar refractivity (Wildman–Crippen MR) is 44.7 cm³/mol. The Kier molecular flexibility index (Phi) is 5.77. The maximum Gasteiger partial charge on any atom is 0.103 e. The molecule has 0 heterocycles. The highest BCUT2D eigenvalue weighted by Gasteiger charge is 1.90. The number of hydrogen-bond acceptors (Lipinski definition) is 2. The minimum Gasteiger partial charge on any atom is -0.306 e. The summed E-state index contributed by atoms with van der Waals surface area (Å²) in [7, 11) is 4.31. The minimum atomic E-state index is 0.969. The molecule has 0 aromatic heterocycles. The molecule has 0 aliphatic heterocycles. The third kappa shape index (κ3) is 4.53. The van der Waals surface area contributed by atoms with Crippen LogP contribution in [0.25, 0.3) is 0 Å². The topological polar surface area (TPSA) is 3.24 Å². The maximum absolute atomic E-state index is 4.11. The van der Waals surface area contributed by atoms with Crippen molar-refractivity contribution in [1.29, 1.82) is 0 Å². The van der Waals surface area contributed by atoms with Gasteiger partial charge in [0.15, 0.2) is 0 Å². The van der Waals surface area contributed by atoms with Crippen LogP contribution in [0, 0.1) is 0 Å². The summed E-state index contributed by atoms with van der Waals surface area (Å²) in [6.45, 7) is 2.30. The van der Waals surface area contributed by atoms with Gasteiger partial charge in [0.2, 0.25) is 0 Å². The molecule has 0 unspecified atom stereocenters. The lowest BCUT2D eigenvalue weighted by atomic mass is 10.1. The first-order valence-electron chi connectivity index (χ1n) is 3.10. The minimum absolute atomic E-state index is 0.969. The predicted octanol–water partition coefficient (Wildman–Crippen LogP) is -0.101. The summed E-state index contributed by atoms with van der Waals surface area (Å²) in [6.07, 6.45) is 1.24. The highest BCUT2D eigenvalue weighted by atomic mass is 32.1. The average Bonchev–Trinajstić information content (AvgIpc) is 1.68. The van der Waals surface area contributed by atoms with E-state index in [9.17, 15) is 0 Å². The molecular formula is C5H14BNS. The van der Waals surface area contributed by atoms with Crippen molar-refractivity contribution in [2.24, 2.45) is 0 Å². The van der Waals surface area contributed by atoms with Crippen LogP contribution in [0.3, 0.4) is 0 Å². The van der Waals surface area contributed by atoms with Crippen LogP contribution in [0.15, 0.2) is 0 Å². The van der Waals surface area contributed by atoms with Crippen molar-refractivity contribution < 1.29 is 0 Å². The highest BCUT2D eigenvalue weighted by Crippen LogP contribution is 1.84. The van der Waals surface area contributed by atoms with E-state index in [1.807, 2.05) is 0 Å². The van der Waals surface area contributed by atoms with Crippen molar-refractivity contribution in [3.8, 4) is 0 Å². The van der Waals surface area contributed by atoms with Crippen LogP contribution < -0.4 is 0 Å². The number of nitrogens with zero attached hydrogens (tertiary/aromatic N) is 1. The monoisotopic (exact) mass is 131 g/mol. The third-order valence-electron chi connectivity index (χ3n) is 1.09. The molecule has 0 saturated heterocycles. The molecule has 0 N–H and O–H groups in total. The molecule has 0 spiro atoms. The SMILES string of the molecule is BCCN(C)CCS. The molecule has 0 radical (unpaired) electrons. The van der Waals surface area contributed by atoms with Gasteiger partial charge in [-0.15, -0.1) is 0 Å². The van der Waals surface area contributed by atoms with Gasteiger partial charge in [-0.1, -0.05) is 6.32 Å². The van der Waals surface area contributed by atoms with E-state index in [4.69, 9.17) is 0 Å². The van der Waals surface area contributed by atoms with Crippen LogP contribution in [-0.2, 0) is 0 Å². The van der Waals surface area contributed by atoms with Crippen LogP contribution >= 0.6 is 12.6 Å². The van der Waals surface area contributed by atoms with E-state index in [0.29, 0.717) is 0 Å². The van der Waals surface area contributed by atoms with Gasteiger partial charge in [-0.25, -0.2) is 0 Å². The average molecular weight is 131 g/mol. The van der Waals surface area contributed by atoms with Gasteiger partial charge >= 0.3 is 0 Å². The van der Waals surface area contributed by atoms with Crippen molar-refractivity contribution in [3.63, 3.8) is 0 Å². The first-order valence-corrected chi connectivity index (χ1v) is 3.74. The van der Waals surface area contributed by atoms with Gasteiger partial charge in [-0.05, 0) is 13.6 Å². The van der Waals surface area contributed by atoms with Crippen molar-refractivity contribution in [2.45, 2.75) is 6.32 Å². The van der Waals surface area contributed by atoms with Crippen molar-refractivity contribution in [3.05, 3.63) is 0 Å². The van der Waals surface area contributed by atoms with Crippen molar-refractivity contribution in [1.82, 2.24) is 4.90 Å². The molecule has 48 valence electrons. The summed E-state index contributed by atoms with van der Waals surface area (Å²) in [5.74, 6) is 0.969. The van der Waals surface area contributed by atoms with Crippen LogP contribution in [0.4, 0.5) is 0 Å². The van der Waals surface area contributed by atoms with Crippen LogP contribution in [0.1, 0.15) is 0 Å². The molecule has 1 nitrogen and oxygen atoms in total. The molecule has 3 heteroatoms. The van der Waals surface area contributed by atoms with Crippen molar-refractivity contribution in [2.75, 3.05) is 25.9 Å². The quantitative estimate of drug-likeness (QED) is 0.412. The van der Waals surface area contributed by atoms with Gasteiger partial charge < -0.3 is 4.90 Å². The summed E-state index contributed by atoms with van der Waals surface area (Å²) >= 11 is 4.11. The second-order valence-electron chi connectivity index (χ2n) is 2.03. The standard InChI is InChI=1S/C5H14BNS/c1-7(3-2-6)4-5-8/h8H,2-6H2,1H3.